The van der Waals surface area contributed by atoms with Gasteiger partial charge in [-0.3, -0.25) is 19.2 Å². The van der Waals surface area contributed by atoms with Crippen LogP contribution in [-0.2, 0) is 24.3 Å². The van der Waals surface area contributed by atoms with Gasteiger partial charge in [0, 0.05) is 35.4 Å². The van der Waals surface area contributed by atoms with Crippen molar-refractivity contribution in [2.45, 2.75) is 152 Å². The van der Waals surface area contributed by atoms with Gasteiger partial charge in [0.15, 0.2) is 5.13 Å². The van der Waals surface area contributed by atoms with E-state index in [1.807, 2.05) is 43.5 Å². The number of anilines is 1. The summed E-state index contributed by atoms with van der Waals surface area (Å²) < 4.78 is 46.9. The number of fused-ring (bicyclic) bond motifs is 2. The third kappa shape index (κ3) is 9.17. The van der Waals surface area contributed by atoms with E-state index in [0.29, 0.717) is 65.9 Å². The molecule has 0 radical (unpaired) electrons. The molecule has 7 rings (SSSR count). The molecular weight excluding hydrogens is 781 g/mol. The molecule has 2 saturated carbocycles. The molecule has 2 aliphatic heterocycles. The molecule has 2 aromatic heterocycles. The highest BCUT2D eigenvalue weighted by Gasteiger charge is 2.64. The number of nitrogens with zero attached hydrogens (tertiary/aromatic N) is 3. The largest absolute Gasteiger partial charge is 0.497 e. The van der Waals surface area contributed by atoms with Crippen LogP contribution in [0.3, 0.4) is 0 Å². The van der Waals surface area contributed by atoms with Crippen molar-refractivity contribution in [1.29, 1.82) is 0 Å². The van der Waals surface area contributed by atoms with Crippen LogP contribution in [0.5, 0.6) is 11.5 Å². The van der Waals surface area contributed by atoms with Crippen LogP contribution in [0.15, 0.2) is 29.6 Å². The minimum absolute atomic E-state index is 0.0288. The van der Waals surface area contributed by atoms with Crippen LogP contribution in [-0.4, -0.2) is 88.9 Å². The Morgan fingerprint density at radius 1 is 1.00 bits per heavy atom. The number of rotatable bonds is 8. The Bertz CT molecular complexity index is 2130. The first kappa shape index (κ1) is 42.0. The molecule has 316 valence electrons. The number of hydrogen-bond acceptors (Lipinski definition) is 12. The minimum Gasteiger partial charge on any atom is -0.497 e. The van der Waals surface area contributed by atoms with E-state index in [-0.39, 0.29) is 24.9 Å². The Hall–Kier alpha value is -4.18. The van der Waals surface area contributed by atoms with Gasteiger partial charge in [-0.05, 0) is 84.8 Å². The number of benzene rings is 1. The number of aromatic nitrogens is 2. The standard InChI is InChI=1S/C42H58N6O8S2/c1-26(2)43-38-45-33(25-57-38)32-22-35(30-16-15-28(54-6)20-31(30)44-32)55-29-21-34(48(24-29)39(51)56-40(3,4)5)36(49)46-42-23-27(42)14-12-10-8-7-9-11-13-17-41(18-19-41)58(52,53)47-37(42)50/h15-16,20,22,25-27,29,34H,7-14,17-19,21,23-24H2,1-6H3,(H,43,45)(H,46,49)(H,47,50)/t27-,29-,34-,42-/m1/s1. The minimum atomic E-state index is -3.97. The number of amides is 3. The molecule has 2 saturated heterocycles. The summed E-state index contributed by atoms with van der Waals surface area (Å²) in [6.07, 6.45) is 8.25. The van der Waals surface area contributed by atoms with Gasteiger partial charge in [0.1, 0.15) is 40.5 Å². The van der Waals surface area contributed by atoms with Gasteiger partial charge in [-0.2, -0.15) is 0 Å². The van der Waals surface area contributed by atoms with Crippen molar-refractivity contribution < 1.29 is 37.0 Å². The summed E-state index contributed by atoms with van der Waals surface area (Å²) in [4.78, 5) is 53.4. The second kappa shape index (κ2) is 16.5. The highest BCUT2D eigenvalue weighted by Crippen LogP contribution is 2.51. The maximum atomic E-state index is 14.5. The summed E-state index contributed by atoms with van der Waals surface area (Å²) in [7, 11) is -2.38. The molecule has 2 aliphatic carbocycles. The normalized spacial score (nSPS) is 25.9. The average Bonchev–Trinajstić information content (AvgIpc) is 3.98. The van der Waals surface area contributed by atoms with Gasteiger partial charge in [-0.25, -0.2) is 23.2 Å². The van der Waals surface area contributed by atoms with Gasteiger partial charge < -0.3 is 24.8 Å². The first-order valence-electron chi connectivity index (χ1n) is 20.8. The van der Waals surface area contributed by atoms with Crippen LogP contribution in [0.25, 0.3) is 22.3 Å². The van der Waals surface area contributed by atoms with Crippen LogP contribution in [0.4, 0.5) is 9.93 Å². The maximum Gasteiger partial charge on any atom is 0.411 e. The average molecular weight is 839 g/mol. The van der Waals surface area contributed by atoms with Crippen molar-refractivity contribution in [3.63, 3.8) is 0 Å². The fourth-order valence-corrected chi connectivity index (χ4v) is 10.9. The van der Waals surface area contributed by atoms with Crippen LogP contribution in [0.1, 0.15) is 118 Å². The molecule has 14 nitrogen and oxygen atoms in total. The zero-order valence-corrected chi connectivity index (χ0v) is 36.2. The lowest BCUT2D eigenvalue weighted by molar-refractivity contribution is -0.132. The quantitative estimate of drug-likeness (QED) is 0.207. The van der Waals surface area contributed by atoms with E-state index in [1.54, 1.807) is 27.9 Å². The summed E-state index contributed by atoms with van der Waals surface area (Å²) in [5.74, 6) is -0.362. The second-order valence-electron chi connectivity index (χ2n) is 17.8. The molecule has 4 aliphatic rings. The molecule has 3 amide bonds. The Labute approximate surface area is 345 Å². The summed E-state index contributed by atoms with van der Waals surface area (Å²) in [6, 6.07) is 6.45. The molecule has 0 bridgehead atoms. The van der Waals surface area contributed by atoms with E-state index in [1.165, 1.54) is 16.2 Å². The van der Waals surface area contributed by atoms with E-state index in [9.17, 15) is 22.8 Å². The van der Waals surface area contributed by atoms with Crippen molar-refractivity contribution >= 4 is 55.3 Å². The molecule has 4 heterocycles. The smallest absolute Gasteiger partial charge is 0.411 e. The van der Waals surface area contributed by atoms with Crippen molar-refractivity contribution in [2.24, 2.45) is 5.92 Å². The number of methoxy groups -OCH3 is 1. The number of pyridine rings is 1. The van der Waals surface area contributed by atoms with Gasteiger partial charge in [0.05, 0.1) is 29.6 Å². The van der Waals surface area contributed by atoms with Gasteiger partial charge >= 0.3 is 6.09 Å². The Morgan fingerprint density at radius 3 is 2.41 bits per heavy atom. The number of ether oxygens (including phenoxy) is 3. The van der Waals surface area contributed by atoms with Gasteiger partial charge in [-0.1, -0.05) is 44.9 Å². The predicted molar refractivity (Wildman–Crippen MR) is 223 cm³/mol. The van der Waals surface area contributed by atoms with Crippen LogP contribution < -0.4 is 24.8 Å². The van der Waals surface area contributed by atoms with Crippen molar-refractivity contribution in [3.05, 3.63) is 29.6 Å². The fraction of sp³-hybridized carbons (Fsp3) is 0.643. The molecule has 1 aromatic carbocycles. The zero-order valence-electron chi connectivity index (χ0n) is 34.5. The summed E-state index contributed by atoms with van der Waals surface area (Å²) in [5.41, 5.74) is -0.387. The molecule has 1 spiro atoms. The Kier molecular flexibility index (Phi) is 11.9. The highest BCUT2D eigenvalue weighted by molar-refractivity contribution is 7.91. The molecule has 16 heteroatoms. The summed E-state index contributed by atoms with van der Waals surface area (Å²) in [6.45, 7) is 9.38. The van der Waals surface area contributed by atoms with Crippen LogP contribution >= 0.6 is 11.3 Å². The highest BCUT2D eigenvalue weighted by atomic mass is 32.2. The Balaban J connectivity index is 1.16. The molecule has 3 N–H and O–H groups in total. The van der Waals surface area contributed by atoms with E-state index in [4.69, 9.17) is 24.2 Å². The third-order valence-corrected chi connectivity index (χ3v) is 14.8. The molecular formula is C42H58N6O8S2. The lowest BCUT2D eigenvalue weighted by Crippen LogP contribution is -2.57. The Morgan fingerprint density at radius 2 is 1.72 bits per heavy atom. The second-order valence-corrected chi connectivity index (χ2v) is 20.8. The fourth-order valence-electron chi connectivity index (χ4n) is 8.37. The number of sulfonamides is 1. The summed E-state index contributed by atoms with van der Waals surface area (Å²) >= 11 is 1.47. The molecule has 4 atom stereocenters. The number of thiazole rings is 1. The van der Waals surface area contributed by atoms with E-state index < -0.39 is 56.0 Å². The lowest BCUT2D eigenvalue weighted by atomic mass is 10.0. The van der Waals surface area contributed by atoms with E-state index in [0.717, 1.165) is 50.1 Å². The number of hydrogen-bond donors (Lipinski definition) is 3. The van der Waals surface area contributed by atoms with Gasteiger partial charge in [0.2, 0.25) is 15.9 Å². The van der Waals surface area contributed by atoms with Gasteiger partial charge in [-0.15, -0.1) is 11.3 Å². The number of carbonyl (C=O) groups is 3. The first-order chi connectivity index (χ1) is 27.5. The summed E-state index contributed by atoms with van der Waals surface area (Å²) in [5, 5.41) is 9.72. The zero-order chi connectivity index (χ0) is 41.5. The molecule has 4 fully saturated rings. The lowest BCUT2D eigenvalue weighted by Gasteiger charge is -2.29. The number of carbonyl (C=O) groups excluding carboxylic acids is 3. The molecule has 3 aromatic rings. The van der Waals surface area contributed by atoms with Crippen molar-refractivity contribution in [2.75, 3.05) is 19.0 Å². The van der Waals surface area contributed by atoms with Crippen LogP contribution in [0.2, 0.25) is 0 Å². The van der Waals surface area contributed by atoms with Gasteiger partial charge in [0.25, 0.3) is 5.91 Å². The number of nitrogens with one attached hydrogen (secondary N) is 3. The maximum absolute atomic E-state index is 14.5. The third-order valence-electron chi connectivity index (χ3n) is 11.8. The van der Waals surface area contributed by atoms with Crippen molar-refractivity contribution in [1.82, 2.24) is 24.9 Å². The van der Waals surface area contributed by atoms with Crippen LogP contribution in [0, 0.1) is 5.92 Å². The molecule has 0 unspecified atom stereocenters. The topological polar surface area (TPSA) is 178 Å². The van der Waals surface area contributed by atoms with Crippen molar-refractivity contribution in [3.8, 4) is 22.9 Å². The molecule has 58 heavy (non-hydrogen) atoms. The van der Waals surface area contributed by atoms with E-state index >= 15 is 0 Å². The predicted octanol–water partition coefficient (Wildman–Crippen LogP) is 7.32. The first-order valence-corrected chi connectivity index (χ1v) is 23.1. The SMILES string of the molecule is COc1ccc2c(O[C@@H]3C[C@H](C(=O)N[C@]45C[C@H]4CCCCCCCCCC4(CC4)S(=O)(=O)NC5=O)N(C(=O)OC(C)(C)C)C3)cc(-c3csc(NC(C)C)n3)nc2c1. The number of likely N-dealkylation sites (tertiary alicyclic amines) is 1. The van der Waals surface area contributed by atoms with E-state index in [2.05, 4.69) is 15.4 Å². The monoisotopic (exact) mass is 838 g/mol.